The quantitative estimate of drug-likeness (QED) is 0.0921. The van der Waals surface area contributed by atoms with E-state index >= 15 is 4.39 Å². The molecule has 11 nitrogen and oxygen atoms in total. The first-order valence-corrected chi connectivity index (χ1v) is 25.9. The van der Waals surface area contributed by atoms with Crippen LogP contribution >= 0.6 is 0 Å². The van der Waals surface area contributed by atoms with E-state index in [0.717, 1.165) is 84.0 Å². The Morgan fingerprint density at radius 2 is 1.63 bits per heavy atom. The second-order valence-electron chi connectivity index (χ2n) is 21.7. The number of hydrogen-bond donors (Lipinski definition) is 2. The number of rotatable bonds is 12. The first-order chi connectivity index (χ1) is 34.9. The highest BCUT2D eigenvalue weighted by Crippen LogP contribution is 2.46. The number of pyridine rings is 2. The molecule has 3 unspecified atom stereocenters. The number of fused-ring (bicyclic) bond motifs is 2. The summed E-state index contributed by atoms with van der Waals surface area (Å²) in [5.74, 6) is -0.994. The summed E-state index contributed by atoms with van der Waals surface area (Å²) in [6.07, 6.45) is 13.0. The van der Waals surface area contributed by atoms with Crippen LogP contribution in [0.25, 0.3) is 22.3 Å². The van der Waals surface area contributed by atoms with Crippen molar-refractivity contribution in [2.45, 2.75) is 128 Å². The minimum absolute atomic E-state index is 0.113. The van der Waals surface area contributed by atoms with Gasteiger partial charge in [0.1, 0.15) is 17.5 Å². The molecule has 1 saturated carbocycles. The summed E-state index contributed by atoms with van der Waals surface area (Å²) in [5, 5.41) is 5.88. The monoisotopic (exact) mass is 986 g/mol. The van der Waals surface area contributed by atoms with Crippen molar-refractivity contribution in [1.82, 2.24) is 19.4 Å². The van der Waals surface area contributed by atoms with Crippen molar-refractivity contribution in [3.63, 3.8) is 0 Å². The van der Waals surface area contributed by atoms with Crippen LogP contribution in [0.15, 0.2) is 96.1 Å². The van der Waals surface area contributed by atoms with Crippen LogP contribution in [0, 0.1) is 30.4 Å². The number of hydrogen-bond acceptors (Lipinski definition) is 7. The maximum Gasteiger partial charge on any atom is 0.257 e. The zero-order chi connectivity index (χ0) is 51.6. The number of Topliss-reactive ketones (excluding diaryl/α,β-unsaturated/α-hetero) is 1. The molecule has 6 aromatic rings. The fraction of sp³-hybridized carbons (Fsp3) is 0.400. The smallest absolute Gasteiger partial charge is 0.257 e. The average molecular weight is 987 g/mol. The molecule has 4 aliphatic rings. The number of ketones is 1. The van der Waals surface area contributed by atoms with Gasteiger partial charge in [-0.3, -0.25) is 38.8 Å². The predicted octanol–water partition coefficient (Wildman–Crippen LogP) is 11.3. The minimum Gasteiger partial charge on any atom is -0.386 e. The maximum absolute atomic E-state index is 16.2. The Labute approximate surface area is 425 Å². The molecule has 10 rings (SSSR count). The van der Waals surface area contributed by atoms with Gasteiger partial charge in [-0.05, 0) is 166 Å². The highest BCUT2D eigenvalue weighted by atomic mass is 19.1. The molecule has 0 radical (unpaired) electrons. The molecule has 2 N–H and O–H groups in total. The molecule has 378 valence electrons. The van der Waals surface area contributed by atoms with Crippen molar-refractivity contribution in [2.24, 2.45) is 18.9 Å². The molecule has 3 aromatic heterocycles. The zero-order valence-electron chi connectivity index (χ0n) is 42.8. The van der Waals surface area contributed by atoms with Crippen molar-refractivity contribution >= 4 is 51.5 Å². The number of allylic oxidation sites excluding steroid dienone is 2. The first kappa shape index (κ1) is 49.6. The molecule has 3 amide bonds. The van der Waals surface area contributed by atoms with E-state index in [1.165, 1.54) is 34.0 Å². The highest BCUT2D eigenvalue weighted by Gasteiger charge is 2.49. The number of nitrogens with zero attached hydrogens (tertiary/aromatic N) is 4. The van der Waals surface area contributed by atoms with Crippen molar-refractivity contribution in [2.75, 3.05) is 17.3 Å². The minimum atomic E-state index is -0.774. The van der Waals surface area contributed by atoms with E-state index in [9.17, 15) is 28.4 Å². The number of anilines is 2. The number of amides is 3. The summed E-state index contributed by atoms with van der Waals surface area (Å²) in [6.45, 7) is 9.79. The molecule has 4 atom stereocenters. The van der Waals surface area contributed by atoms with Crippen LogP contribution in [0.1, 0.15) is 153 Å². The third-order valence-electron chi connectivity index (χ3n) is 16.9. The van der Waals surface area contributed by atoms with Gasteiger partial charge in [0, 0.05) is 66.6 Å². The molecule has 1 saturated heterocycles. The van der Waals surface area contributed by atoms with Crippen molar-refractivity contribution < 1.29 is 28.0 Å². The Hall–Kier alpha value is -7.02. The lowest BCUT2D eigenvalue weighted by molar-refractivity contribution is -0.136. The van der Waals surface area contributed by atoms with Crippen LogP contribution in [0.2, 0.25) is 0 Å². The number of carbonyl (C=O) groups excluding carboxylic acids is 4. The van der Waals surface area contributed by atoms with E-state index in [2.05, 4.69) is 65.0 Å². The standard InChI is InChI=1S/C60H64F2N6O5/c1-33-26-43(29-46(61)55(33)42-19-15-38(16-20-42)34(2)52-30-44-49(24-25-64-57(44)66(52)7)67-32-47(62)48(63-6)31-54(67)70)56(71)35(3)39-13-17-41(18-14-39)40-11-8-36(9-12-40)27-37-10-21-50-45(28-37)60(4,5)59(73)68(50)51-22-23-53(69)65-58(51)72/h10,13-14,17-19,21,24-26,28-32,34-36,38,40,51,63H,8-9,11-12,15-16,20,22-23,27H2,1-7H3,(H,65,69,72)/t34-,35?,36?,38?,40?,51?/m1/s1. The van der Waals surface area contributed by atoms with Crippen molar-refractivity contribution in [1.29, 1.82) is 0 Å². The van der Waals surface area contributed by atoms with Gasteiger partial charge in [0.2, 0.25) is 17.7 Å². The average Bonchev–Trinajstić information content (AvgIpc) is 3.82. The summed E-state index contributed by atoms with van der Waals surface area (Å²) < 4.78 is 34.4. The van der Waals surface area contributed by atoms with Crippen molar-refractivity contribution in [3.8, 4) is 5.69 Å². The van der Waals surface area contributed by atoms with Crippen LogP contribution in [0.3, 0.4) is 0 Å². The fourth-order valence-electron chi connectivity index (χ4n) is 12.5. The second-order valence-corrected chi connectivity index (χ2v) is 21.7. The van der Waals surface area contributed by atoms with E-state index in [0.29, 0.717) is 47.1 Å². The molecule has 5 heterocycles. The lowest BCUT2D eigenvalue weighted by Gasteiger charge is -2.31. The Bertz CT molecular complexity index is 3280. The summed E-state index contributed by atoms with van der Waals surface area (Å²) in [6, 6.07) is 22.2. The van der Waals surface area contributed by atoms with Crippen LogP contribution < -0.4 is 21.1 Å². The number of piperidine rings is 1. The lowest BCUT2D eigenvalue weighted by atomic mass is 9.76. The van der Waals surface area contributed by atoms with E-state index in [1.54, 1.807) is 24.2 Å². The fourth-order valence-corrected chi connectivity index (χ4v) is 12.5. The molecule has 2 aliphatic heterocycles. The summed E-state index contributed by atoms with van der Waals surface area (Å²) in [4.78, 5) is 71.5. The number of halogens is 2. The third-order valence-corrected chi connectivity index (χ3v) is 16.9. The van der Waals surface area contributed by atoms with Gasteiger partial charge in [-0.15, -0.1) is 0 Å². The van der Waals surface area contributed by atoms with E-state index in [-0.39, 0.29) is 52.9 Å². The van der Waals surface area contributed by atoms with Crippen LogP contribution in [-0.2, 0) is 33.3 Å². The Morgan fingerprint density at radius 1 is 0.877 bits per heavy atom. The number of aryl methyl sites for hydroxylation is 2. The molecular formula is C60H64F2N6O5. The van der Waals surface area contributed by atoms with Gasteiger partial charge in [-0.1, -0.05) is 56.3 Å². The predicted molar refractivity (Wildman–Crippen MR) is 281 cm³/mol. The second kappa shape index (κ2) is 19.4. The first-order valence-electron chi connectivity index (χ1n) is 25.9. The Balaban J connectivity index is 0.753. The molecule has 2 fully saturated rings. The zero-order valence-corrected chi connectivity index (χ0v) is 42.8. The van der Waals surface area contributed by atoms with E-state index < -0.39 is 29.1 Å². The molecule has 0 bridgehead atoms. The van der Waals surface area contributed by atoms with Gasteiger partial charge in [0.25, 0.3) is 5.56 Å². The Kier molecular flexibility index (Phi) is 13.2. The number of benzene rings is 3. The Morgan fingerprint density at radius 3 is 2.32 bits per heavy atom. The number of aromatic nitrogens is 3. The van der Waals surface area contributed by atoms with Gasteiger partial charge in [0.15, 0.2) is 11.6 Å². The van der Waals surface area contributed by atoms with Crippen molar-refractivity contribution in [3.05, 3.63) is 158 Å². The summed E-state index contributed by atoms with van der Waals surface area (Å²) in [7, 11) is 3.53. The molecule has 3 aromatic carbocycles. The van der Waals surface area contributed by atoms with E-state index in [4.69, 9.17) is 0 Å². The van der Waals surface area contributed by atoms with Crippen LogP contribution in [0.5, 0.6) is 0 Å². The summed E-state index contributed by atoms with van der Waals surface area (Å²) >= 11 is 0. The number of imide groups is 1. The maximum atomic E-state index is 16.2. The van der Waals surface area contributed by atoms with E-state index in [1.807, 2.05) is 57.5 Å². The molecule has 73 heavy (non-hydrogen) atoms. The SMILES string of the molecule is CNc1cc(=O)n(-c2ccnc3c2cc([C@H](C)C2CC=C(c4c(C)cc(C(=O)C(C)c5ccc(C6CCC(Cc7ccc8c(c7)C(C)(C)C(=O)N8C7CCC(=O)NC7=O)CC6)cc5)cc4F)CC2)n3C)cc1F. The van der Waals surface area contributed by atoms with Gasteiger partial charge >= 0.3 is 0 Å². The summed E-state index contributed by atoms with van der Waals surface area (Å²) in [5.41, 5.74) is 9.00. The molecule has 13 heteroatoms. The van der Waals surface area contributed by atoms with Gasteiger partial charge < -0.3 is 9.88 Å². The molecule has 0 spiro atoms. The largest absolute Gasteiger partial charge is 0.386 e. The van der Waals surface area contributed by atoms with Gasteiger partial charge in [0.05, 0.1) is 23.0 Å². The topological polar surface area (TPSA) is 135 Å². The van der Waals surface area contributed by atoms with Crippen LogP contribution in [-0.4, -0.2) is 50.7 Å². The van der Waals surface area contributed by atoms with Gasteiger partial charge in [-0.25, -0.2) is 13.8 Å². The van der Waals surface area contributed by atoms with Crippen LogP contribution in [0.4, 0.5) is 20.2 Å². The third kappa shape index (κ3) is 9.03. The molecule has 2 aliphatic carbocycles. The normalized spacial score (nSPS) is 21.7. The lowest BCUT2D eigenvalue weighted by Crippen LogP contribution is -2.55. The van der Waals surface area contributed by atoms with Gasteiger partial charge in [-0.2, -0.15) is 0 Å². The number of carbonyl (C=O) groups is 4. The highest BCUT2D eigenvalue weighted by molar-refractivity contribution is 6.13. The molecular weight excluding hydrogens is 923 g/mol. The number of nitrogens with one attached hydrogen (secondary N) is 2.